The minimum atomic E-state index is 0.407. The van der Waals surface area contributed by atoms with Crippen LogP contribution in [0.1, 0.15) is 0 Å². The van der Waals surface area contributed by atoms with Crippen LogP contribution in [0.5, 0.6) is 0 Å². The maximum absolute atomic E-state index is 5.29. The van der Waals surface area contributed by atoms with E-state index in [0.717, 1.165) is 0 Å². The SMILES string of the molecule is COC/C(N)=C/NN. The van der Waals surface area contributed by atoms with Crippen LogP contribution >= 0.6 is 0 Å². The highest BCUT2D eigenvalue weighted by Gasteiger charge is 1.82. The molecule has 0 amide bonds. The van der Waals surface area contributed by atoms with Crippen LogP contribution in [0.15, 0.2) is 11.9 Å². The second kappa shape index (κ2) is 4.42. The molecule has 4 nitrogen and oxygen atoms in total. The summed E-state index contributed by atoms with van der Waals surface area (Å²) in [6.07, 6.45) is 1.48. The van der Waals surface area contributed by atoms with E-state index in [2.05, 4.69) is 10.2 Å². The van der Waals surface area contributed by atoms with Crippen LogP contribution in [0.25, 0.3) is 0 Å². The highest BCUT2D eigenvalue weighted by molar-refractivity contribution is 4.93. The van der Waals surface area contributed by atoms with Crippen molar-refractivity contribution in [2.75, 3.05) is 13.7 Å². The summed E-state index contributed by atoms with van der Waals surface area (Å²) in [6, 6.07) is 0. The van der Waals surface area contributed by atoms with Crippen LogP contribution in [-0.4, -0.2) is 13.7 Å². The van der Waals surface area contributed by atoms with Gasteiger partial charge in [0.25, 0.3) is 0 Å². The summed E-state index contributed by atoms with van der Waals surface area (Å²) in [6.45, 7) is 0.407. The van der Waals surface area contributed by atoms with Gasteiger partial charge in [-0.1, -0.05) is 0 Å². The molecular formula is C4H11N3O. The topological polar surface area (TPSA) is 73.3 Å². The van der Waals surface area contributed by atoms with Gasteiger partial charge in [0.05, 0.1) is 12.3 Å². The molecular weight excluding hydrogens is 106 g/mol. The molecule has 0 rings (SSSR count). The molecule has 0 aromatic rings. The molecule has 8 heavy (non-hydrogen) atoms. The summed E-state index contributed by atoms with van der Waals surface area (Å²) in [7, 11) is 1.57. The Balaban J connectivity index is 3.29. The van der Waals surface area contributed by atoms with Gasteiger partial charge in [-0.3, -0.25) is 5.84 Å². The predicted molar refractivity (Wildman–Crippen MR) is 31.5 cm³/mol. The summed E-state index contributed by atoms with van der Waals surface area (Å²) < 4.78 is 4.67. The quantitative estimate of drug-likeness (QED) is 0.324. The number of hydrogen-bond acceptors (Lipinski definition) is 4. The van der Waals surface area contributed by atoms with E-state index in [-0.39, 0.29) is 0 Å². The molecule has 0 radical (unpaired) electrons. The Morgan fingerprint density at radius 1 is 1.88 bits per heavy atom. The van der Waals surface area contributed by atoms with Crippen LogP contribution in [0.3, 0.4) is 0 Å². The Kier molecular flexibility index (Phi) is 4.01. The van der Waals surface area contributed by atoms with Crippen molar-refractivity contribution in [1.82, 2.24) is 5.43 Å². The van der Waals surface area contributed by atoms with Crippen molar-refractivity contribution in [2.24, 2.45) is 11.6 Å². The van der Waals surface area contributed by atoms with Crippen LogP contribution in [0, 0.1) is 0 Å². The fourth-order valence-electron chi connectivity index (χ4n) is 0.315. The molecule has 0 aliphatic rings. The normalized spacial score (nSPS) is 11.5. The second-order valence-electron chi connectivity index (χ2n) is 1.32. The molecule has 0 spiro atoms. The third-order valence-corrected chi connectivity index (χ3v) is 0.580. The fourth-order valence-corrected chi connectivity index (χ4v) is 0.315. The largest absolute Gasteiger partial charge is 0.399 e. The first-order valence-electron chi connectivity index (χ1n) is 2.21. The zero-order chi connectivity index (χ0) is 6.41. The van der Waals surface area contributed by atoms with Crippen molar-refractivity contribution in [3.8, 4) is 0 Å². The van der Waals surface area contributed by atoms with Gasteiger partial charge >= 0.3 is 0 Å². The van der Waals surface area contributed by atoms with Gasteiger partial charge in [0, 0.05) is 13.3 Å². The first kappa shape index (κ1) is 7.26. The number of hydrazine groups is 1. The first-order chi connectivity index (χ1) is 3.81. The number of methoxy groups -OCH3 is 1. The van der Waals surface area contributed by atoms with Crippen LogP contribution in [0.4, 0.5) is 0 Å². The molecule has 5 N–H and O–H groups in total. The minimum Gasteiger partial charge on any atom is -0.399 e. The zero-order valence-electron chi connectivity index (χ0n) is 4.85. The van der Waals surface area contributed by atoms with E-state index >= 15 is 0 Å². The molecule has 0 aliphatic heterocycles. The molecule has 0 saturated carbocycles. The lowest BCUT2D eigenvalue weighted by atomic mass is 10.5. The summed E-state index contributed by atoms with van der Waals surface area (Å²) in [5, 5.41) is 0. The first-order valence-corrected chi connectivity index (χ1v) is 2.21. The van der Waals surface area contributed by atoms with Crippen LogP contribution in [-0.2, 0) is 4.74 Å². The van der Waals surface area contributed by atoms with E-state index < -0.39 is 0 Å². The predicted octanol–water partition coefficient (Wildman–Crippen LogP) is -1.10. The van der Waals surface area contributed by atoms with Gasteiger partial charge in [-0.2, -0.15) is 0 Å². The summed E-state index contributed by atoms with van der Waals surface area (Å²) >= 11 is 0. The third-order valence-electron chi connectivity index (χ3n) is 0.580. The lowest BCUT2D eigenvalue weighted by Crippen LogP contribution is -2.18. The number of nitrogens with one attached hydrogen (secondary N) is 1. The Morgan fingerprint density at radius 3 is 2.88 bits per heavy atom. The van der Waals surface area contributed by atoms with E-state index in [1.54, 1.807) is 7.11 Å². The highest BCUT2D eigenvalue weighted by Crippen LogP contribution is 1.77. The number of rotatable bonds is 3. The molecule has 0 bridgehead atoms. The van der Waals surface area contributed by atoms with Gasteiger partial charge in [-0.15, -0.1) is 0 Å². The molecule has 0 aromatic carbocycles. The monoisotopic (exact) mass is 117 g/mol. The standard InChI is InChI=1S/C4H11N3O/c1-8-3-4(5)2-7-6/h2,7H,3,5-6H2,1H3/b4-2-. The molecule has 0 saturated heterocycles. The summed E-state index contributed by atoms with van der Waals surface area (Å²) in [4.78, 5) is 0. The van der Waals surface area contributed by atoms with Crippen LogP contribution < -0.4 is 17.0 Å². The molecule has 0 aliphatic carbocycles. The average Bonchev–Trinajstić information content (AvgIpc) is 1.68. The van der Waals surface area contributed by atoms with Crippen LogP contribution in [0.2, 0.25) is 0 Å². The van der Waals surface area contributed by atoms with Gasteiger partial charge in [-0.05, 0) is 0 Å². The zero-order valence-corrected chi connectivity index (χ0v) is 4.85. The average molecular weight is 117 g/mol. The van der Waals surface area contributed by atoms with Gasteiger partial charge in [0.15, 0.2) is 0 Å². The Labute approximate surface area is 48.5 Å². The van der Waals surface area contributed by atoms with Crippen molar-refractivity contribution < 1.29 is 4.74 Å². The molecule has 0 unspecified atom stereocenters. The van der Waals surface area contributed by atoms with Crippen molar-refractivity contribution >= 4 is 0 Å². The number of hydrogen-bond donors (Lipinski definition) is 3. The summed E-state index contributed by atoms with van der Waals surface area (Å²) in [5.74, 6) is 4.90. The van der Waals surface area contributed by atoms with Gasteiger partial charge in [-0.25, -0.2) is 0 Å². The molecule has 0 atom stereocenters. The van der Waals surface area contributed by atoms with Gasteiger partial charge in [0.1, 0.15) is 0 Å². The van der Waals surface area contributed by atoms with Gasteiger partial charge in [0.2, 0.25) is 0 Å². The van der Waals surface area contributed by atoms with Gasteiger partial charge < -0.3 is 15.9 Å². The lowest BCUT2D eigenvalue weighted by molar-refractivity contribution is 0.224. The van der Waals surface area contributed by atoms with E-state index in [1.807, 2.05) is 0 Å². The fraction of sp³-hybridized carbons (Fsp3) is 0.500. The lowest BCUT2D eigenvalue weighted by Gasteiger charge is -1.96. The number of nitrogens with two attached hydrogens (primary N) is 2. The smallest absolute Gasteiger partial charge is 0.0871 e. The van der Waals surface area contributed by atoms with Crippen molar-refractivity contribution in [3.05, 3.63) is 11.9 Å². The molecule has 48 valence electrons. The molecule has 4 heteroatoms. The Morgan fingerprint density at radius 2 is 2.50 bits per heavy atom. The van der Waals surface area contributed by atoms with Crippen molar-refractivity contribution in [2.45, 2.75) is 0 Å². The minimum absolute atomic E-state index is 0.407. The van der Waals surface area contributed by atoms with E-state index in [9.17, 15) is 0 Å². The molecule has 0 heterocycles. The third kappa shape index (κ3) is 3.45. The summed E-state index contributed by atoms with van der Waals surface area (Å²) in [5.41, 5.74) is 8.15. The second-order valence-corrected chi connectivity index (χ2v) is 1.32. The van der Waals surface area contributed by atoms with E-state index in [1.165, 1.54) is 6.20 Å². The molecule has 0 fully saturated rings. The Bertz CT molecular complexity index is 81.4. The maximum atomic E-state index is 5.29. The number of ether oxygens (including phenoxy) is 1. The Hall–Kier alpha value is -0.740. The van der Waals surface area contributed by atoms with E-state index in [4.69, 9.17) is 11.6 Å². The maximum Gasteiger partial charge on any atom is 0.0871 e. The van der Waals surface area contributed by atoms with Crippen molar-refractivity contribution in [1.29, 1.82) is 0 Å². The molecule has 0 aromatic heterocycles. The van der Waals surface area contributed by atoms with Crippen molar-refractivity contribution in [3.63, 3.8) is 0 Å². The van der Waals surface area contributed by atoms with E-state index in [0.29, 0.717) is 12.3 Å². The highest BCUT2D eigenvalue weighted by atomic mass is 16.5.